The van der Waals surface area contributed by atoms with Crippen molar-refractivity contribution < 1.29 is 48.0 Å². The third-order valence-electron chi connectivity index (χ3n) is 9.91. The van der Waals surface area contributed by atoms with Gasteiger partial charge < -0.3 is 19.7 Å². The van der Waals surface area contributed by atoms with E-state index < -0.39 is 76.8 Å². The fraction of sp³-hybridized carbons (Fsp3) is 0.406. The van der Waals surface area contributed by atoms with E-state index in [0.29, 0.717) is 11.1 Å². The minimum Gasteiger partial charge on any atom is -0.502 e. The first-order chi connectivity index (χ1) is 21.3. The predicted molar refractivity (Wildman–Crippen MR) is 156 cm³/mol. The molecule has 2 aromatic carbocycles. The first kappa shape index (κ1) is 30.6. The van der Waals surface area contributed by atoms with Gasteiger partial charge in [0, 0.05) is 12.5 Å². The van der Waals surface area contributed by atoms with Gasteiger partial charge in [-0.1, -0.05) is 23.3 Å². The van der Waals surface area contributed by atoms with Crippen LogP contribution in [0.15, 0.2) is 42.0 Å². The number of aromatic hydroxyl groups is 1. The number of hydrogen-bond acceptors (Lipinski definition) is 8. The summed E-state index contributed by atoms with van der Waals surface area (Å²) in [5.41, 5.74) is -0.183. The topological polar surface area (TPSA) is 151 Å². The van der Waals surface area contributed by atoms with Gasteiger partial charge in [-0.25, -0.2) is 9.29 Å². The van der Waals surface area contributed by atoms with Crippen LogP contribution in [0.5, 0.6) is 17.2 Å². The van der Waals surface area contributed by atoms with Crippen LogP contribution in [0.4, 0.5) is 10.1 Å². The number of carbonyl (C=O) groups is 5. The number of likely N-dealkylation sites (tertiary alicyclic amines) is 1. The van der Waals surface area contributed by atoms with Gasteiger partial charge in [-0.15, -0.1) is 0 Å². The second kappa shape index (κ2) is 10.9. The van der Waals surface area contributed by atoms with Gasteiger partial charge in [-0.05, 0) is 61.6 Å². The maximum absolute atomic E-state index is 14.5. The van der Waals surface area contributed by atoms with E-state index in [-0.39, 0.29) is 47.3 Å². The quantitative estimate of drug-likeness (QED) is 0.339. The number of rotatable bonds is 7. The van der Waals surface area contributed by atoms with E-state index >= 15 is 0 Å². The summed E-state index contributed by atoms with van der Waals surface area (Å²) in [5, 5.41) is 19.6. The van der Waals surface area contributed by atoms with E-state index in [1.807, 2.05) is 6.08 Å². The molecule has 2 heterocycles. The third-order valence-corrected chi connectivity index (χ3v) is 10.2. The molecule has 4 aliphatic rings. The Hall–Kier alpha value is -4.45. The normalized spacial score (nSPS) is 28.9. The number of phenolic OH excluding ortho intramolecular Hbond substituents is 1. The van der Waals surface area contributed by atoms with Crippen LogP contribution in [0.25, 0.3) is 0 Å². The molecular weight excluding hydrogens is 611 g/mol. The molecule has 1 saturated carbocycles. The van der Waals surface area contributed by atoms with E-state index in [0.717, 1.165) is 15.9 Å². The summed E-state index contributed by atoms with van der Waals surface area (Å²) in [4.78, 5) is 69.1. The fourth-order valence-electron chi connectivity index (χ4n) is 7.84. The maximum Gasteiger partial charge on any atom is 0.305 e. The molecule has 0 aromatic heterocycles. The zero-order valence-electron chi connectivity index (χ0n) is 24.6. The molecule has 0 unspecified atom stereocenters. The number of allylic oxidation sites excluding steroid dienone is 2. The molecule has 6 rings (SSSR count). The molecule has 11 nitrogen and oxygen atoms in total. The van der Waals surface area contributed by atoms with Crippen molar-refractivity contribution in [3.63, 3.8) is 0 Å². The van der Waals surface area contributed by atoms with Crippen molar-refractivity contribution in [2.45, 2.75) is 32.1 Å². The molecule has 2 aromatic rings. The zero-order chi connectivity index (χ0) is 32.5. The number of benzene rings is 2. The number of carboxylic acid groups (broad SMARTS) is 1. The molecule has 0 bridgehead atoms. The van der Waals surface area contributed by atoms with Crippen molar-refractivity contribution in [2.75, 3.05) is 25.7 Å². The van der Waals surface area contributed by atoms with Gasteiger partial charge in [-0.3, -0.25) is 28.9 Å². The lowest BCUT2D eigenvalue weighted by Crippen LogP contribution is -2.48. The predicted octanol–water partition coefficient (Wildman–Crippen LogP) is 3.91. The standard InChI is InChI=1S/C32H30ClFN2O9/c1-32-19(29(41)36(31(32)43)15-4-7-21(34)20(33)12-15)13-18-16(26(32)14-10-22(44-2)27(39)23(11-14)45-3)5-6-17-25(18)30(42)35(28(17)40)9-8-24(37)38/h4-5,7,10-12,17-19,25-26,39H,6,8-9,13H2,1-3H3,(H,37,38)/t17-,18+,19-,25-,26-,32+/m0/s1. The molecule has 0 radical (unpaired) electrons. The van der Waals surface area contributed by atoms with E-state index in [2.05, 4.69) is 0 Å². The Morgan fingerprint density at radius 3 is 2.31 bits per heavy atom. The lowest BCUT2D eigenvalue weighted by Gasteiger charge is -2.49. The molecule has 2 saturated heterocycles. The molecule has 45 heavy (non-hydrogen) atoms. The van der Waals surface area contributed by atoms with Crippen molar-refractivity contribution in [3.8, 4) is 17.2 Å². The number of hydrogen-bond donors (Lipinski definition) is 2. The van der Waals surface area contributed by atoms with Gasteiger partial charge in [0.2, 0.25) is 29.4 Å². The minimum absolute atomic E-state index is 0.0619. The summed E-state index contributed by atoms with van der Waals surface area (Å²) in [6.45, 7) is 1.40. The number of phenols is 1. The average Bonchev–Trinajstić information content (AvgIpc) is 3.36. The van der Waals surface area contributed by atoms with Crippen LogP contribution in [-0.2, 0) is 24.0 Å². The monoisotopic (exact) mass is 640 g/mol. The summed E-state index contributed by atoms with van der Waals surface area (Å²) in [7, 11) is 2.71. The van der Waals surface area contributed by atoms with Gasteiger partial charge in [-0.2, -0.15) is 0 Å². The first-order valence-corrected chi connectivity index (χ1v) is 14.8. The SMILES string of the molecule is COc1cc([C@H]2C3=CC[C@@H]4C(=O)N(CCC(=O)O)C(=O)[C@@H]4[C@@H]3C[C@H]3C(=O)N(c4ccc(F)c(Cl)c4)C(=O)[C@@]23C)cc(OC)c1O. The summed E-state index contributed by atoms with van der Waals surface area (Å²) in [5.74, 6) is -8.16. The van der Waals surface area contributed by atoms with Crippen LogP contribution in [0, 0.1) is 34.9 Å². The van der Waals surface area contributed by atoms with Crippen molar-refractivity contribution >= 4 is 46.9 Å². The highest BCUT2D eigenvalue weighted by molar-refractivity contribution is 6.31. The summed E-state index contributed by atoms with van der Waals surface area (Å²) >= 11 is 6.03. The highest BCUT2D eigenvalue weighted by atomic mass is 35.5. The fourth-order valence-corrected chi connectivity index (χ4v) is 8.01. The molecule has 236 valence electrons. The number of carbonyl (C=O) groups excluding carboxylic acids is 4. The Labute approximate surface area is 262 Å². The van der Waals surface area contributed by atoms with Crippen LogP contribution in [0.3, 0.4) is 0 Å². The van der Waals surface area contributed by atoms with Crippen LogP contribution in [-0.4, -0.2) is 65.5 Å². The van der Waals surface area contributed by atoms with E-state index in [9.17, 15) is 38.6 Å². The number of halogens is 2. The Morgan fingerprint density at radius 2 is 1.71 bits per heavy atom. The average molecular weight is 641 g/mol. The van der Waals surface area contributed by atoms with Crippen molar-refractivity contribution in [2.24, 2.45) is 29.1 Å². The lowest BCUT2D eigenvalue weighted by atomic mass is 9.51. The van der Waals surface area contributed by atoms with Crippen LogP contribution >= 0.6 is 11.6 Å². The minimum atomic E-state index is -1.42. The number of imide groups is 2. The number of aliphatic carboxylic acids is 1. The Kier molecular flexibility index (Phi) is 7.38. The van der Waals surface area contributed by atoms with Gasteiger partial charge in [0.25, 0.3) is 0 Å². The Balaban J connectivity index is 1.52. The highest BCUT2D eigenvalue weighted by Crippen LogP contribution is 2.64. The molecule has 4 amide bonds. The Bertz CT molecular complexity index is 1680. The Morgan fingerprint density at radius 1 is 1.04 bits per heavy atom. The number of amides is 4. The summed E-state index contributed by atoms with van der Waals surface area (Å²) in [6.07, 6.45) is 1.67. The number of methoxy groups -OCH3 is 2. The number of carboxylic acids is 1. The third kappa shape index (κ3) is 4.40. The second-order valence-electron chi connectivity index (χ2n) is 12.0. The van der Waals surface area contributed by atoms with Crippen molar-refractivity contribution in [1.82, 2.24) is 4.90 Å². The van der Waals surface area contributed by atoms with Gasteiger partial charge in [0.1, 0.15) is 5.82 Å². The summed E-state index contributed by atoms with van der Waals surface area (Å²) in [6, 6.07) is 6.67. The molecule has 6 atom stereocenters. The summed E-state index contributed by atoms with van der Waals surface area (Å²) < 4.78 is 24.9. The van der Waals surface area contributed by atoms with Gasteiger partial charge in [0.05, 0.1) is 54.5 Å². The smallest absolute Gasteiger partial charge is 0.305 e. The van der Waals surface area contributed by atoms with Gasteiger partial charge in [0.15, 0.2) is 11.5 Å². The number of ether oxygens (including phenoxy) is 2. The highest BCUT2D eigenvalue weighted by Gasteiger charge is 2.67. The molecule has 2 aliphatic carbocycles. The van der Waals surface area contributed by atoms with Crippen LogP contribution in [0.2, 0.25) is 5.02 Å². The van der Waals surface area contributed by atoms with E-state index in [1.165, 1.54) is 26.4 Å². The van der Waals surface area contributed by atoms with Crippen LogP contribution < -0.4 is 14.4 Å². The molecule has 2 N–H and O–H groups in total. The number of anilines is 1. The molecule has 13 heteroatoms. The van der Waals surface area contributed by atoms with Gasteiger partial charge >= 0.3 is 5.97 Å². The number of nitrogens with zero attached hydrogens (tertiary/aromatic N) is 2. The molecule has 3 fully saturated rings. The second-order valence-corrected chi connectivity index (χ2v) is 12.4. The van der Waals surface area contributed by atoms with Crippen LogP contribution in [0.1, 0.15) is 37.7 Å². The van der Waals surface area contributed by atoms with Crippen molar-refractivity contribution in [1.29, 1.82) is 0 Å². The number of fused-ring (bicyclic) bond motifs is 4. The van der Waals surface area contributed by atoms with Crippen molar-refractivity contribution in [3.05, 3.63) is 58.4 Å². The zero-order valence-corrected chi connectivity index (χ0v) is 25.3. The lowest BCUT2D eigenvalue weighted by molar-refractivity contribution is -0.142. The maximum atomic E-state index is 14.5. The van der Waals surface area contributed by atoms with E-state index in [1.54, 1.807) is 19.1 Å². The molecule has 2 aliphatic heterocycles. The molecule has 0 spiro atoms. The first-order valence-electron chi connectivity index (χ1n) is 14.4. The molecular formula is C32H30ClFN2O9. The largest absolute Gasteiger partial charge is 0.502 e. The van der Waals surface area contributed by atoms with E-state index in [4.69, 9.17) is 21.1 Å².